The number of likely N-dealkylation sites (N-methyl/N-ethyl adjacent to an activating group) is 1. The summed E-state index contributed by atoms with van der Waals surface area (Å²) in [6.07, 6.45) is -13.5. The van der Waals surface area contributed by atoms with Crippen LogP contribution in [-0.2, 0) is 63.8 Å². The Morgan fingerprint density at radius 2 is 1.20 bits per heavy atom. The molecule has 0 radical (unpaired) electrons. The Labute approximate surface area is 753 Å². The van der Waals surface area contributed by atoms with Crippen molar-refractivity contribution in [3.8, 4) is 80.1 Å². The summed E-state index contributed by atoms with van der Waals surface area (Å²) >= 11 is 14.4. The Kier molecular flexibility index (Phi) is 31.5. The van der Waals surface area contributed by atoms with Crippen LogP contribution in [0.15, 0.2) is 115 Å². The van der Waals surface area contributed by atoms with Crippen LogP contribution >= 0.6 is 23.2 Å². The van der Waals surface area contributed by atoms with Crippen LogP contribution in [0.4, 0.5) is 0 Å². The zero-order chi connectivity index (χ0) is 93.1. The molecule has 39 nitrogen and oxygen atoms in total. The van der Waals surface area contributed by atoms with Crippen molar-refractivity contribution in [2.45, 2.75) is 194 Å². The quantitative estimate of drug-likeness (QED) is 0.0288. The number of carbonyl (C=O) groups excluding carboxylic acids is 9. The molecular formula is C89H103Cl2N11O28. The molecule has 0 saturated carbocycles. The van der Waals surface area contributed by atoms with Gasteiger partial charge in [-0.05, 0) is 152 Å². The third-order valence-electron chi connectivity index (χ3n) is 23.1. The molecule has 0 spiro atoms. The molecule has 2 fully saturated rings. The molecule has 2 saturated heterocycles. The van der Waals surface area contributed by atoms with E-state index in [1.165, 1.54) is 55.6 Å². The van der Waals surface area contributed by atoms with Crippen LogP contribution in [0, 0.1) is 0 Å². The van der Waals surface area contributed by atoms with Gasteiger partial charge in [-0.3, -0.25) is 38.4 Å². The molecule has 0 unspecified atom stereocenters. The van der Waals surface area contributed by atoms with E-state index in [-0.39, 0.29) is 47.8 Å². The number of fused-ring (bicyclic) bond motifs is 14. The molecular weight excluding hydrogens is 1740 g/mol. The number of aliphatic hydroxyl groups is 7. The third kappa shape index (κ3) is 21.7. The second kappa shape index (κ2) is 42.8. The number of phenolic OH excluding ortho intramolecular Hbond substituents is 4. The number of aromatic hydroxyl groups is 4. The van der Waals surface area contributed by atoms with Crippen LogP contribution in [-0.4, -0.2) is 230 Å². The van der Waals surface area contributed by atoms with Crippen LogP contribution in [0.5, 0.6) is 69.0 Å². The summed E-state index contributed by atoms with van der Waals surface area (Å²) in [5.41, 5.74) is 3.08. The van der Waals surface area contributed by atoms with Crippen molar-refractivity contribution in [2.24, 2.45) is 5.73 Å². The topological polar surface area (TPSA) is 596 Å². The van der Waals surface area contributed by atoms with Gasteiger partial charge in [0.15, 0.2) is 29.1 Å². The molecule has 17 bridgehead atoms. The largest absolute Gasteiger partial charge is 0.508 e. The van der Waals surface area contributed by atoms with E-state index in [1.807, 2.05) is 0 Å². The molecule has 15 rings (SSSR count). The van der Waals surface area contributed by atoms with Crippen LogP contribution < -0.4 is 82.6 Å². The highest BCUT2D eigenvalue weighted by molar-refractivity contribution is 6.33. The van der Waals surface area contributed by atoms with E-state index in [9.17, 15) is 70.6 Å². The van der Waals surface area contributed by atoms with Crippen LogP contribution in [0.25, 0.3) is 11.1 Å². The molecule has 7 aromatic carbocycles. The fourth-order valence-electron chi connectivity index (χ4n) is 16.1. The van der Waals surface area contributed by atoms with Gasteiger partial charge in [0.25, 0.3) is 0 Å². The zero-order valence-electron chi connectivity index (χ0n) is 70.6. The average Bonchev–Trinajstić information content (AvgIpc) is 0.757. The summed E-state index contributed by atoms with van der Waals surface area (Å²) in [6.45, 7) is 2.21. The van der Waals surface area contributed by atoms with Crippen molar-refractivity contribution in [1.29, 1.82) is 0 Å². The number of methoxy groups -OCH3 is 1. The molecule has 130 heavy (non-hydrogen) atoms. The van der Waals surface area contributed by atoms with Crippen molar-refractivity contribution in [3.63, 3.8) is 0 Å². The lowest BCUT2D eigenvalue weighted by molar-refractivity contribution is -0.277. The van der Waals surface area contributed by atoms with Gasteiger partial charge in [-0.15, -0.1) is 0 Å². The molecule has 8 amide bonds. The SMILES string of the molecule is CCCCCCCCCCC(=O)N[C@H]1[C@H](Oc2c3cc4cc2Oc2ccc(cc2Cl)[C@@H](O)[C@@H]2NC(=O)[C@H](NC(=O)[C@@H]4NC(=O)[C@H]4NC(=O)[C@@H](Cc5ccc(cc5)O3)NC(=O)[C@@H](NC)c3ccc(O)c(c3)Oc3cc(O)c(Cl)c4c3)c3ccc(O)c(c3)-c3c(O[C@H]4O[C@H](CO)[C@@H](O)[C@H](O)[C@@H]4O)cc(O)cc3[C@H](C(=O)NCCCNCCCN)NC2=O)O[C@H](C(=O)OC)[C@@H](O)[C@@H]1O. The number of hydrogen-bond donors (Lipinski definition) is 22. The second-order valence-corrected chi connectivity index (χ2v) is 32.9. The molecule has 0 aliphatic carbocycles. The maximum atomic E-state index is 16.9. The molecule has 8 heterocycles. The van der Waals surface area contributed by atoms with Gasteiger partial charge in [0, 0.05) is 48.2 Å². The summed E-state index contributed by atoms with van der Waals surface area (Å²) in [7, 11) is 2.40. The Balaban J connectivity index is 1.04. The predicted molar refractivity (Wildman–Crippen MR) is 460 cm³/mol. The summed E-state index contributed by atoms with van der Waals surface area (Å²) in [4.78, 5) is 139. The first-order chi connectivity index (χ1) is 62.4. The minimum absolute atomic E-state index is 0.120. The highest BCUT2D eigenvalue weighted by Crippen LogP contribution is 2.51. The smallest absolute Gasteiger partial charge is 0.337 e. The number of ether oxygens (including phenoxy) is 8. The van der Waals surface area contributed by atoms with Crippen molar-refractivity contribution in [3.05, 3.63) is 164 Å². The fraction of sp³-hybridized carbons (Fsp3) is 0.427. The Bertz CT molecular complexity index is 5350. The summed E-state index contributed by atoms with van der Waals surface area (Å²) in [5.74, 6) is -17.2. The first-order valence-electron chi connectivity index (χ1n) is 42.4. The first kappa shape index (κ1) is 95.6. The van der Waals surface area contributed by atoms with Crippen molar-refractivity contribution in [2.75, 3.05) is 46.9 Å². The Morgan fingerprint density at radius 3 is 1.91 bits per heavy atom. The highest BCUT2D eigenvalue weighted by Gasteiger charge is 2.52. The van der Waals surface area contributed by atoms with Gasteiger partial charge in [0.2, 0.25) is 65.6 Å². The van der Waals surface area contributed by atoms with Gasteiger partial charge < -0.3 is 153 Å². The zero-order valence-corrected chi connectivity index (χ0v) is 72.1. The molecule has 8 aliphatic heterocycles. The lowest BCUT2D eigenvalue weighted by Gasteiger charge is -2.41. The van der Waals surface area contributed by atoms with Crippen LogP contribution in [0.3, 0.4) is 0 Å². The normalized spacial score (nSPS) is 25.5. The van der Waals surface area contributed by atoms with Gasteiger partial charge >= 0.3 is 5.97 Å². The average molecular weight is 1850 g/mol. The maximum absolute atomic E-state index is 16.9. The van der Waals surface area contributed by atoms with Crippen LogP contribution in [0.1, 0.15) is 153 Å². The molecule has 7 aromatic rings. The Morgan fingerprint density at radius 1 is 0.546 bits per heavy atom. The number of hydrogen-bond acceptors (Lipinski definition) is 31. The second-order valence-electron chi connectivity index (χ2n) is 32.1. The molecule has 41 heteroatoms. The minimum atomic E-state index is -2.44. The van der Waals surface area contributed by atoms with Crippen molar-refractivity contribution in [1.82, 2.24) is 53.2 Å². The lowest BCUT2D eigenvalue weighted by Crippen LogP contribution is -2.66. The lowest BCUT2D eigenvalue weighted by atomic mass is 9.89. The monoisotopic (exact) mass is 1840 g/mol. The fourth-order valence-corrected chi connectivity index (χ4v) is 16.5. The highest BCUT2D eigenvalue weighted by atomic mass is 35.5. The molecule has 8 aliphatic rings. The number of benzene rings is 7. The van der Waals surface area contributed by atoms with Gasteiger partial charge in [-0.25, -0.2) is 4.79 Å². The van der Waals surface area contributed by atoms with E-state index in [1.54, 1.807) is 0 Å². The van der Waals surface area contributed by atoms with E-state index in [4.69, 9.17) is 66.8 Å². The number of nitrogens with two attached hydrogens (primary N) is 1. The number of unbranched alkanes of at least 4 members (excludes halogenated alkanes) is 7. The molecule has 0 aromatic heterocycles. The van der Waals surface area contributed by atoms with E-state index < -0.39 is 271 Å². The summed E-state index contributed by atoms with van der Waals surface area (Å²) in [5, 5.41) is 154. The van der Waals surface area contributed by atoms with E-state index >= 15 is 28.8 Å². The van der Waals surface area contributed by atoms with Gasteiger partial charge in [0.1, 0.15) is 131 Å². The van der Waals surface area contributed by atoms with Crippen molar-refractivity contribution >= 4 is 76.4 Å². The van der Waals surface area contributed by atoms with E-state index in [0.29, 0.717) is 44.5 Å². The number of nitrogens with one attached hydrogen (secondary N) is 10. The molecule has 18 atom stereocenters. The number of phenols is 4. The minimum Gasteiger partial charge on any atom is -0.508 e. The third-order valence-corrected chi connectivity index (χ3v) is 23.8. The van der Waals surface area contributed by atoms with Gasteiger partial charge in [-0.1, -0.05) is 105 Å². The number of rotatable bonds is 25. The van der Waals surface area contributed by atoms with Crippen LogP contribution in [0.2, 0.25) is 10.0 Å². The number of aliphatic hydroxyl groups excluding tert-OH is 7. The number of halogens is 2. The Hall–Kier alpha value is -11.9. The number of carbonyl (C=O) groups is 9. The molecule has 23 N–H and O–H groups in total. The van der Waals surface area contributed by atoms with Crippen molar-refractivity contribution < 1.29 is 137 Å². The number of amides is 8. The predicted octanol–water partition coefficient (Wildman–Crippen LogP) is 3.39. The first-order valence-corrected chi connectivity index (χ1v) is 43.2. The number of esters is 1. The summed E-state index contributed by atoms with van der Waals surface area (Å²) in [6, 6.07) is 5.97. The maximum Gasteiger partial charge on any atom is 0.337 e. The summed E-state index contributed by atoms with van der Waals surface area (Å²) < 4.78 is 50.0. The van der Waals surface area contributed by atoms with Gasteiger partial charge in [0.05, 0.1) is 23.8 Å². The van der Waals surface area contributed by atoms with E-state index in [2.05, 4.69) is 60.1 Å². The standard InChI is InChI=1S/C89H103Cl2N11O28/c1-4-5-6-7-8-9-10-11-14-62(108)97-71-74(111)76(113)79(87(122)123-3)130-88(71)129-78-59-33-44-34-60(78)126-56-24-19-43(31-51(56)90)72(109)70-86(121)101-68(81(116)95-28-13-27-94-26-12-25-92)49-35-45(104)36-58(127-89-77(114)75(112)73(110)61(39-103)128-89)63(49)48-30-41(17-22-53(48)105)66(83(118)102-70)98-84(119)67(44)99-85(120)69-50-37-47(38-55(107)64(50)91)125-57-32-42(18-23-54(57)106)65(93-2)82(117)96-52(80(115)100-69)29-40-15-20-46(124-59)21-16-40/h15-24,30-38,52,61,65-77,79,88-89,93-94,103-107,109-114H,4-14,25-29,39,92H2,1-3H3,(H,95,116)(H,96,117)(H,97,108)(H,98,119)(H,99,120)(H,100,115)(H,101,121)(H,102,118)/t52-,61-,65+,66-,67-,68-,69+,70+,71-,72-,73-,74-,75+,76+,77+,79+,88-,89+/m1/s1. The van der Waals surface area contributed by atoms with E-state index in [0.717, 1.165) is 112 Å². The molecule has 696 valence electrons. The van der Waals surface area contributed by atoms with Gasteiger partial charge in [-0.2, -0.15) is 0 Å².